The molecule has 0 fully saturated rings. The van der Waals surface area contributed by atoms with E-state index >= 15 is 0 Å². The molecule has 1 aromatic rings. The predicted octanol–water partition coefficient (Wildman–Crippen LogP) is 5.85. The molecule has 0 bridgehead atoms. The molecule has 0 saturated heterocycles. The highest BCUT2D eigenvalue weighted by molar-refractivity contribution is 6.64. The van der Waals surface area contributed by atoms with Crippen molar-refractivity contribution in [2.45, 2.75) is 84.4 Å². The lowest BCUT2D eigenvalue weighted by Crippen LogP contribution is -2.35. The van der Waals surface area contributed by atoms with Crippen LogP contribution in [0.5, 0.6) is 0 Å². The van der Waals surface area contributed by atoms with E-state index < -0.39 is 8.56 Å². The van der Waals surface area contributed by atoms with Crippen molar-refractivity contribution >= 4 is 8.56 Å². The Labute approximate surface area is 144 Å². The van der Waals surface area contributed by atoms with Gasteiger partial charge in [0.1, 0.15) is 0 Å². The van der Waals surface area contributed by atoms with Crippen LogP contribution in [0.25, 0.3) is 0 Å². The smallest absolute Gasteiger partial charge is 0.332 e. The lowest BCUT2D eigenvalue weighted by Gasteiger charge is -2.22. The topological polar surface area (TPSA) is 31.4 Å². The first-order valence-corrected chi connectivity index (χ1v) is 12.1. The predicted molar refractivity (Wildman–Crippen MR) is 99.7 cm³/mol. The van der Waals surface area contributed by atoms with Crippen LogP contribution in [0.15, 0.2) is 24.5 Å². The first-order chi connectivity index (χ1) is 11.1. The van der Waals surface area contributed by atoms with Crippen LogP contribution in [0.1, 0.15) is 70.3 Å². The van der Waals surface area contributed by atoms with Gasteiger partial charge in [0, 0.05) is 19.0 Å². The van der Waals surface area contributed by atoms with E-state index in [-0.39, 0.29) is 0 Å². The average Bonchev–Trinajstić information content (AvgIpc) is 2.56. The maximum atomic E-state index is 6.01. The molecule has 3 nitrogen and oxygen atoms in total. The third-order valence-corrected chi connectivity index (χ3v) is 5.75. The lowest BCUT2D eigenvalue weighted by molar-refractivity contribution is 0.168. The zero-order valence-corrected chi connectivity index (χ0v) is 16.4. The van der Waals surface area contributed by atoms with Crippen LogP contribution in [-0.4, -0.2) is 20.2 Å². The molecular weight excluding hydrogens is 302 g/mol. The van der Waals surface area contributed by atoms with E-state index in [9.17, 15) is 0 Å². The number of nitrogens with zero attached hydrogens (tertiary/aromatic N) is 1. The summed E-state index contributed by atoms with van der Waals surface area (Å²) in [5, 5.41) is 0. The van der Waals surface area contributed by atoms with Gasteiger partial charge in [0.2, 0.25) is 0 Å². The van der Waals surface area contributed by atoms with Crippen LogP contribution in [0.2, 0.25) is 13.1 Å². The number of aromatic nitrogens is 1. The highest BCUT2D eigenvalue weighted by Gasteiger charge is 2.24. The molecule has 0 N–H and O–H groups in total. The third-order valence-electron chi connectivity index (χ3n) is 4.01. The van der Waals surface area contributed by atoms with Crippen LogP contribution in [0.4, 0.5) is 0 Å². The van der Waals surface area contributed by atoms with E-state index in [4.69, 9.17) is 8.85 Å². The molecule has 0 aliphatic carbocycles. The van der Waals surface area contributed by atoms with Gasteiger partial charge in [-0.25, -0.2) is 0 Å². The number of hydrogen-bond acceptors (Lipinski definition) is 3. The van der Waals surface area contributed by atoms with Crippen LogP contribution in [0, 0.1) is 0 Å². The first kappa shape index (κ1) is 20.3. The SMILES string of the molecule is CCCCCCCCCCCO[Si](C)(C)OCc1cccnc1. The molecule has 0 aromatic carbocycles. The van der Waals surface area contributed by atoms with Crippen molar-refractivity contribution in [3.63, 3.8) is 0 Å². The summed E-state index contributed by atoms with van der Waals surface area (Å²) in [5.74, 6) is 0. The van der Waals surface area contributed by atoms with Gasteiger partial charge in [0.15, 0.2) is 0 Å². The van der Waals surface area contributed by atoms with Crippen molar-refractivity contribution in [1.82, 2.24) is 4.98 Å². The monoisotopic (exact) mass is 337 g/mol. The van der Waals surface area contributed by atoms with E-state index in [1.54, 1.807) is 6.20 Å². The van der Waals surface area contributed by atoms with E-state index in [2.05, 4.69) is 25.0 Å². The summed E-state index contributed by atoms with van der Waals surface area (Å²) in [4.78, 5) is 4.11. The molecule has 1 rings (SSSR count). The number of rotatable bonds is 14. The first-order valence-electron chi connectivity index (χ1n) is 9.31. The van der Waals surface area contributed by atoms with Crippen molar-refractivity contribution in [1.29, 1.82) is 0 Å². The van der Waals surface area contributed by atoms with E-state index in [1.807, 2.05) is 18.3 Å². The second-order valence-corrected chi connectivity index (χ2v) is 10.1. The maximum absolute atomic E-state index is 6.01. The minimum atomic E-state index is -2.00. The van der Waals surface area contributed by atoms with Gasteiger partial charge in [0.25, 0.3) is 0 Å². The molecule has 132 valence electrons. The Bertz CT molecular complexity index is 384. The molecule has 0 aliphatic heterocycles. The van der Waals surface area contributed by atoms with Crippen molar-refractivity contribution in [2.24, 2.45) is 0 Å². The van der Waals surface area contributed by atoms with Gasteiger partial charge in [-0.15, -0.1) is 0 Å². The Morgan fingerprint density at radius 3 is 2.17 bits per heavy atom. The molecular formula is C19H35NO2Si. The molecule has 1 aromatic heterocycles. The fourth-order valence-electron chi connectivity index (χ4n) is 2.51. The van der Waals surface area contributed by atoms with Gasteiger partial charge in [-0.3, -0.25) is 4.98 Å². The molecule has 0 saturated carbocycles. The number of unbranched alkanes of at least 4 members (excludes halogenated alkanes) is 8. The zero-order chi connectivity index (χ0) is 16.8. The summed E-state index contributed by atoms with van der Waals surface area (Å²) in [6, 6.07) is 3.98. The summed E-state index contributed by atoms with van der Waals surface area (Å²) >= 11 is 0. The standard InChI is InChI=1S/C19H35NO2Si/c1-4-5-6-7-8-9-10-11-12-16-21-23(2,3)22-18-19-14-13-15-20-17-19/h13-15,17H,4-12,16,18H2,1-3H3. The van der Waals surface area contributed by atoms with Gasteiger partial charge >= 0.3 is 8.56 Å². The van der Waals surface area contributed by atoms with E-state index in [1.165, 1.54) is 51.4 Å². The van der Waals surface area contributed by atoms with Gasteiger partial charge in [0.05, 0.1) is 6.61 Å². The van der Waals surface area contributed by atoms with Crippen LogP contribution in [0.3, 0.4) is 0 Å². The third kappa shape index (κ3) is 11.5. The summed E-state index contributed by atoms with van der Waals surface area (Å²) in [6.07, 6.45) is 15.7. The Balaban J connectivity index is 1.97. The molecule has 1 heterocycles. The summed E-state index contributed by atoms with van der Waals surface area (Å²) in [6.45, 7) is 7.95. The van der Waals surface area contributed by atoms with E-state index in [0.29, 0.717) is 6.61 Å². The molecule has 23 heavy (non-hydrogen) atoms. The highest BCUT2D eigenvalue weighted by Crippen LogP contribution is 2.13. The second kappa shape index (κ2) is 12.7. The lowest BCUT2D eigenvalue weighted by atomic mass is 10.1. The van der Waals surface area contributed by atoms with Crippen LogP contribution in [-0.2, 0) is 15.5 Å². The fourth-order valence-corrected chi connectivity index (χ4v) is 3.75. The van der Waals surface area contributed by atoms with Gasteiger partial charge in [-0.2, -0.15) is 0 Å². The molecule has 0 amide bonds. The molecule has 0 unspecified atom stereocenters. The van der Waals surface area contributed by atoms with E-state index in [0.717, 1.165) is 18.6 Å². The largest absolute Gasteiger partial charge is 0.395 e. The summed E-state index contributed by atoms with van der Waals surface area (Å²) < 4.78 is 12.0. The maximum Gasteiger partial charge on any atom is 0.332 e. The molecule has 0 atom stereocenters. The van der Waals surface area contributed by atoms with Crippen molar-refractivity contribution in [3.05, 3.63) is 30.1 Å². The minimum absolute atomic E-state index is 0.602. The Morgan fingerprint density at radius 1 is 0.913 bits per heavy atom. The second-order valence-electron chi connectivity index (χ2n) is 6.73. The van der Waals surface area contributed by atoms with Crippen molar-refractivity contribution < 1.29 is 8.85 Å². The molecule has 0 spiro atoms. The average molecular weight is 338 g/mol. The van der Waals surface area contributed by atoms with Gasteiger partial charge in [-0.05, 0) is 31.1 Å². The molecule has 0 radical (unpaired) electrons. The summed E-state index contributed by atoms with van der Waals surface area (Å²) in [5.41, 5.74) is 1.11. The fraction of sp³-hybridized carbons (Fsp3) is 0.737. The zero-order valence-electron chi connectivity index (χ0n) is 15.4. The van der Waals surface area contributed by atoms with Gasteiger partial charge < -0.3 is 8.85 Å². The Hall–Kier alpha value is -0.713. The molecule has 0 aliphatic rings. The van der Waals surface area contributed by atoms with Crippen molar-refractivity contribution in [3.8, 4) is 0 Å². The highest BCUT2D eigenvalue weighted by atomic mass is 28.4. The van der Waals surface area contributed by atoms with Crippen LogP contribution < -0.4 is 0 Å². The summed E-state index contributed by atoms with van der Waals surface area (Å²) in [7, 11) is -2.00. The quantitative estimate of drug-likeness (QED) is 0.315. The van der Waals surface area contributed by atoms with Gasteiger partial charge in [-0.1, -0.05) is 64.4 Å². The number of pyridine rings is 1. The normalized spacial score (nSPS) is 11.8. The van der Waals surface area contributed by atoms with Crippen LogP contribution >= 0.6 is 0 Å². The Kier molecular flexibility index (Phi) is 11.2. The minimum Gasteiger partial charge on any atom is -0.395 e. The molecule has 4 heteroatoms. The van der Waals surface area contributed by atoms with Crippen molar-refractivity contribution in [2.75, 3.05) is 6.61 Å². The Morgan fingerprint density at radius 2 is 1.57 bits per heavy atom. The number of hydrogen-bond donors (Lipinski definition) is 0.